The van der Waals surface area contributed by atoms with E-state index < -0.39 is 0 Å². The van der Waals surface area contributed by atoms with Crippen molar-refractivity contribution in [3.05, 3.63) is 53.5 Å². The molecule has 1 aromatic carbocycles. The van der Waals surface area contributed by atoms with E-state index in [1.807, 2.05) is 0 Å². The molecule has 3 rings (SSSR count). The molecule has 9 nitrogen and oxygen atoms in total. The summed E-state index contributed by atoms with van der Waals surface area (Å²) in [5.41, 5.74) is 2.05. The zero-order valence-corrected chi connectivity index (χ0v) is 15.0. The number of amides is 2. The quantitative estimate of drug-likeness (QED) is 0.634. The van der Waals surface area contributed by atoms with E-state index in [1.165, 1.54) is 6.92 Å². The normalized spacial score (nSPS) is 10.3. The Hall–Kier alpha value is -3.75. The van der Waals surface area contributed by atoms with Crippen LogP contribution in [0.15, 0.2) is 40.9 Å². The van der Waals surface area contributed by atoms with E-state index in [1.54, 1.807) is 50.2 Å². The van der Waals surface area contributed by atoms with Crippen LogP contribution in [0.2, 0.25) is 0 Å². The van der Waals surface area contributed by atoms with E-state index in [9.17, 15) is 9.59 Å². The average Bonchev–Trinajstić information content (AvgIpc) is 3.00. The summed E-state index contributed by atoms with van der Waals surface area (Å²) in [6, 6.07) is 10.1. The predicted molar refractivity (Wildman–Crippen MR) is 100.0 cm³/mol. The first-order chi connectivity index (χ1) is 12.9. The molecule has 138 valence electrons. The smallest absolute Gasteiger partial charge is 0.274 e. The van der Waals surface area contributed by atoms with Crippen molar-refractivity contribution in [2.75, 3.05) is 16.0 Å². The molecule has 2 aromatic heterocycles. The number of carbonyl (C=O) groups is 2. The summed E-state index contributed by atoms with van der Waals surface area (Å²) in [5, 5.41) is 12.1. The van der Waals surface area contributed by atoms with Gasteiger partial charge in [0.2, 0.25) is 11.9 Å². The summed E-state index contributed by atoms with van der Waals surface area (Å²) >= 11 is 0. The standard InChI is InChI=1S/C18H18N6O3/c1-10-8-15(22-18(19-10)23-16-9-11(2)27-24-16)17(26)21-14-6-4-13(5-7-14)20-12(3)25/h4-9H,1-3H3,(H,20,25)(H,21,26)(H,19,22,23,24). The van der Waals surface area contributed by atoms with Crippen LogP contribution in [0.3, 0.4) is 0 Å². The third-order valence-electron chi connectivity index (χ3n) is 3.42. The molecule has 2 heterocycles. The molecule has 0 aliphatic rings. The van der Waals surface area contributed by atoms with E-state index in [2.05, 4.69) is 31.1 Å². The molecule has 0 spiro atoms. The van der Waals surface area contributed by atoms with Gasteiger partial charge in [-0.15, -0.1) is 0 Å². The first kappa shape index (κ1) is 18.1. The average molecular weight is 366 g/mol. The van der Waals surface area contributed by atoms with Gasteiger partial charge in [0.1, 0.15) is 11.5 Å². The minimum absolute atomic E-state index is 0.161. The van der Waals surface area contributed by atoms with Crippen molar-refractivity contribution in [3.8, 4) is 0 Å². The van der Waals surface area contributed by atoms with Gasteiger partial charge in [0.15, 0.2) is 5.82 Å². The lowest BCUT2D eigenvalue weighted by atomic mass is 10.2. The second kappa shape index (κ2) is 7.65. The highest BCUT2D eigenvalue weighted by Gasteiger charge is 2.12. The van der Waals surface area contributed by atoms with E-state index in [4.69, 9.17) is 4.52 Å². The lowest BCUT2D eigenvalue weighted by Crippen LogP contribution is -2.15. The number of rotatable bonds is 5. The Morgan fingerprint density at radius 1 is 0.963 bits per heavy atom. The maximum absolute atomic E-state index is 12.5. The third kappa shape index (κ3) is 4.88. The van der Waals surface area contributed by atoms with Crippen molar-refractivity contribution in [2.24, 2.45) is 0 Å². The van der Waals surface area contributed by atoms with Gasteiger partial charge in [-0.3, -0.25) is 9.59 Å². The van der Waals surface area contributed by atoms with Crippen LogP contribution in [-0.2, 0) is 4.79 Å². The summed E-state index contributed by atoms with van der Waals surface area (Å²) in [4.78, 5) is 32.0. The Labute approximate surface area is 155 Å². The predicted octanol–water partition coefficient (Wildman–Crippen LogP) is 3.04. The molecule has 0 bridgehead atoms. The molecular formula is C18H18N6O3. The van der Waals surface area contributed by atoms with Crippen molar-refractivity contribution in [3.63, 3.8) is 0 Å². The van der Waals surface area contributed by atoms with Crippen LogP contribution in [0.25, 0.3) is 0 Å². The summed E-state index contributed by atoms with van der Waals surface area (Å²) < 4.78 is 4.98. The van der Waals surface area contributed by atoms with Crippen LogP contribution in [0.5, 0.6) is 0 Å². The monoisotopic (exact) mass is 366 g/mol. The number of nitrogens with zero attached hydrogens (tertiary/aromatic N) is 3. The molecule has 3 N–H and O–H groups in total. The summed E-state index contributed by atoms with van der Waals surface area (Å²) in [5.74, 6) is 0.802. The second-order valence-corrected chi connectivity index (χ2v) is 5.88. The molecule has 0 aliphatic heterocycles. The fourth-order valence-electron chi connectivity index (χ4n) is 2.32. The molecule has 0 fully saturated rings. The molecule has 0 atom stereocenters. The Bertz CT molecular complexity index is 981. The third-order valence-corrected chi connectivity index (χ3v) is 3.42. The van der Waals surface area contributed by atoms with Gasteiger partial charge in [-0.05, 0) is 44.2 Å². The van der Waals surface area contributed by atoms with Crippen LogP contribution in [-0.4, -0.2) is 26.9 Å². The van der Waals surface area contributed by atoms with Crippen molar-refractivity contribution in [1.29, 1.82) is 0 Å². The minimum Gasteiger partial charge on any atom is -0.360 e. The largest absolute Gasteiger partial charge is 0.360 e. The maximum Gasteiger partial charge on any atom is 0.274 e. The number of aryl methyl sites for hydroxylation is 2. The Balaban J connectivity index is 1.73. The van der Waals surface area contributed by atoms with E-state index >= 15 is 0 Å². The molecule has 2 amide bonds. The summed E-state index contributed by atoms with van der Waals surface area (Å²) in [6.45, 7) is 4.96. The van der Waals surface area contributed by atoms with Gasteiger partial charge < -0.3 is 20.5 Å². The van der Waals surface area contributed by atoms with Gasteiger partial charge in [0.05, 0.1) is 0 Å². The highest BCUT2D eigenvalue weighted by molar-refractivity contribution is 6.03. The van der Waals surface area contributed by atoms with Gasteiger partial charge in [0.25, 0.3) is 5.91 Å². The van der Waals surface area contributed by atoms with Crippen LogP contribution >= 0.6 is 0 Å². The first-order valence-electron chi connectivity index (χ1n) is 8.14. The van der Waals surface area contributed by atoms with Crippen molar-refractivity contribution in [1.82, 2.24) is 15.1 Å². The fourth-order valence-corrected chi connectivity index (χ4v) is 2.32. The van der Waals surface area contributed by atoms with Crippen LogP contribution in [0.4, 0.5) is 23.1 Å². The minimum atomic E-state index is -0.382. The van der Waals surface area contributed by atoms with Crippen LogP contribution < -0.4 is 16.0 Å². The Kier molecular flexibility index (Phi) is 5.11. The molecule has 0 saturated heterocycles. The molecule has 0 aliphatic carbocycles. The van der Waals surface area contributed by atoms with Gasteiger partial charge in [0, 0.05) is 30.1 Å². The SMILES string of the molecule is CC(=O)Nc1ccc(NC(=O)c2cc(C)nc(Nc3cc(C)on3)n2)cc1. The molecule has 0 unspecified atom stereocenters. The van der Waals surface area contributed by atoms with Crippen LogP contribution in [0, 0.1) is 13.8 Å². The van der Waals surface area contributed by atoms with Crippen molar-refractivity contribution in [2.45, 2.75) is 20.8 Å². The second-order valence-electron chi connectivity index (χ2n) is 5.88. The number of aromatic nitrogens is 3. The molecule has 0 saturated carbocycles. The molecule has 3 aromatic rings. The van der Waals surface area contributed by atoms with Gasteiger partial charge in [-0.1, -0.05) is 5.16 Å². The van der Waals surface area contributed by atoms with Gasteiger partial charge in [-0.25, -0.2) is 9.97 Å². The lowest BCUT2D eigenvalue weighted by molar-refractivity contribution is -0.114. The number of carbonyl (C=O) groups excluding carboxylic acids is 2. The van der Waals surface area contributed by atoms with E-state index in [0.717, 1.165) is 0 Å². The maximum atomic E-state index is 12.5. The topological polar surface area (TPSA) is 122 Å². The lowest BCUT2D eigenvalue weighted by Gasteiger charge is -2.08. The van der Waals surface area contributed by atoms with Crippen LogP contribution in [0.1, 0.15) is 28.9 Å². The highest BCUT2D eigenvalue weighted by atomic mass is 16.5. The number of anilines is 4. The zero-order chi connectivity index (χ0) is 19.4. The number of hydrogen-bond acceptors (Lipinski definition) is 7. The molecular weight excluding hydrogens is 348 g/mol. The van der Waals surface area contributed by atoms with Gasteiger partial charge >= 0.3 is 0 Å². The highest BCUT2D eigenvalue weighted by Crippen LogP contribution is 2.16. The first-order valence-corrected chi connectivity index (χ1v) is 8.14. The number of benzene rings is 1. The Morgan fingerprint density at radius 2 is 1.63 bits per heavy atom. The molecule has 0 radical (unpaired) electrons. The van der Waals surface area contributed by atoms with E-state index in [-0.39, 0.29) is 23.5 Å². The summed E-state index contributed by atoms with van der Waals surface area (Å²) in [7, 11) is 0. The molecule has 9 heteroatoms. The van der Waals surface area contributed by atoms with Crippen molar-refractivity contribution < 1.29 is 14.1 Å². The Morgan fingerprint density at radius 3 is 2.22 bits per heavy atom. The molecule has 27 heavy (non-hydrogen) atoms. The fraction of sp³-hybridized carbons (Fsp3) is 0.167. The number of hydrogen-bond donors (Lipinski definition) is 3. The zero-order valence-electron chi connectivity index (χ0n) is 15.0. The van der Waals surface area contributed by atoms with E-state index in [0.29, 0.717) is 28.6 Å². The van der Waals surface area contributed by atoms with Crippen molar-refractivity contribution >= 4 is 35.0 Å². The van der Waals surface area contributed by atoms with Gasteiger partial charge in [-0.2, -0.15) is 0 Å². The number of nitrogens with one attached hydrogen (secondary N) is 3. The summed E-state index contributed by atoms with van der Waals surface area (Å²) in [6.07, 6.45) is 0.